The maximum atomic E-state index is 3.49. The molecule has 2 nitrogen and oxygen atoms in total. The summed E-state index contributed by atoms with van der Waals surface area (Å²) in [5.41, 5.74) is 0.730. The van der Waals surface area contributed by atoms with Gasteiger partial charge in [0.15, 0.2) is 0 Å². The first-order valence-corrected chi connectivity index (χ1v) is 5.83. The van der Waals surface area contributed by atoms with Crippen LogP contribution in [0.1, 0.15) is 38.5 Å². The smallest absolute Gasteiger partial charge is 0.00436 e. The molecule has 2 N–H and O–H groups in total. The van der Waals surface area contributed by atoms with Crippen LogP contribution in [0.4, 0.5) is 0 Å². The van der Waals surface area contributed by atoms with Gasteiger partial charge in [-0.2, -0.15) is 0 Å². The highest BCUT2D eigenvalue weighted by atomic mass is 14.9. The fraction of sp³-hybridized carbons (Fsp3) is 1.00. The first kappa shape index (κ1) is 9.47. The molecule has 0 aliphatic carbocycles. The van der Waals surface area contributed by atoms with Gasteiger partial charge in [-0.25, -0.2) is 0 Å². The molecule has 0 aromatic rings. The molecule has 0 atom stereocenters. The summed E-state index contributed by atoms with van der Waals surface area (Å²) in [7, 11) is 0. The van der Waals surface area contributed by atoms with Crippen molar-refractivity contribution in [2.24, 2.45) is 5.41 Å². The lowest BCUT2D eigenvalue weighted by Crippen LogP contribution is -2.38. The van der Waals surface area contributed by atoms with Crippen molar-refractivity contribution in [2.45, 2.75) is 38.5 Å². The fourth-order valence-corrected chi connectivity index (χ4v) is 2.88. The molecule has 0 radical (unpaired) electrons. The Balaban J connectivity index is 1.91. The highest BCUT2D eigenvalue weighted by Gasteiger charge is 2.31. The van der Waals surface area contributed by atoms with Crippen LogP contribution < -0.4 is 10.6 Å². The number of piperidine rings is 1. The van der Waals surface area contributed by atoms with Gasteiger partial charge in [-0.1, -0.05) is 0 Å². The van der Waals surface area contributed by atoms with Gasteiger partial charge >= 0.3 is 0 Å². The van der Waals surface area contributed by atoms with E-state index in [-0.39, 0.29) is 0 Å². The summed E-state index contributed by atoms with van der Waals surface area (Å²) in [5, 5.41) is 6.97. The van der Waals surface area contributed by atoms with Gasteiger partial charge in [-0.05, 0) is 70.1 Å². The first-order valence-electron chi connectivity index (χ1n) is 5.83. The molecule has 2 fully saturated rings. The maximum Gasteiger partial charge on any atom is -0.00436 e. The average Bonchev–Trinajstić information content (AvgIpc) is 2.14. The van der Waals surface area contributed by atoms with Crippen LogP contribution in [0.15, 0.2) is 0 Å². The highest BCUT2D eigenvalue weighted by molar-refractivity contribution is 4.85. The van der Waals surface area contributed by atoms with E-state index in [0.717, 1.165) is 5.41 Å². The Morgan fingerprint density at radius 3 is 1.77 bits per heavy atom. The van der Waals surface area contributed by atoms with Crippen LogP contribution in [0.3, 0.4) is 0 Å². The van der Waals surface area contributed by atoms with E-state index in [2.05, 4.69) is 10.6 Å². The minimum absolute atomic E-state index is 0.730. The van der Waals surface area contributed by atoms with Crippen molar-refractivity contribution in [3.05, 3.63) is 0 Å². The van der Waals surface area contributed by atoms with Crippen LogP contribution >= 0.6 is 0 Å². The van der Waals surface area contributed by atoms with E-state index in [9.17, 15) is 0 Å². The summed E-state index contributed by atoms with van der Waals surface area (Å²) in [6.45, 7) is 5.01. The Morgan fingerprint density at radius 1 is 0.615 bits per heavy atom. The third-order valence-corrected chi connectivity index (χ3v) is 3.79. The van der Waals surface area contributed by atoms with E-state index in [1.54, 1.807) is 0 Å². The van der Waals surface area contributed by atoms with Gasteiger partial charge in [0.25, 0.3) is 0 Å². The van der Waals surface area contributed by atoms with Crippen molar-refractivity contribution in [1.82, 2.24) is 10.6 Å². The van der Waals surface area contributed by atoms with E-state index < -0.39 is 0 Å². The number of hydrogen-bond donors (Lipinski definition) is 2. The molecule has 2 aliphatic heterocycles. The quantitative estimate of drug-likeness (QED) is 0.593. The summed E-state index contributed by atoms with van der Waals surface area (Å²) in [6.07, 6.45) is 8.54. The van der Waals surface area contributed by atoms with Crippen molar-refractivity contribution < 1.29 is 0 Å². The molecule has 1 spiro atoms. The highest BCUT2D eigenvalue weighted by Crippen LogP contribution is 2.38. The average molecular weight is 182 g/mol. The van der Waals surface area contributed by atoms with Crippen molar-refractivity contribution in [2.75, 3.05) is 26.2 Å². The molecule has 0 bridgehead atoms. The molecule has 0 amide bonds. The van der Waals surface area contributed by atoms with Crippen LogP contribution in [-0.2, 0) is 0 Å². The molecule has 2 heteroatoms. The van der Waals surface area contributed by atoms with Gasteiger partial charge < -0.3 is 10.6 Å². The first-order chi connectivity index (χ1) is 6.41. The van der Waals surface area contributed by atoms with Gasteiger partial charge in [0.1, 0.15) is 0 Å². The second kappa shape index (κ2) is 4.43. The SMILES string of the molecule is C1CNCCCC2(C1)CCNCC2. The summed E-state index contributed by atoms with van der Waals surface area (Å²) in [4.78, 5) is 0. The largest absolute Gasteiger partial charge is 0.317 e. The minimum Gasteiger partial charge on any atom is -0.317 e. The van der Waals surface area contributed by atoms with E-state index in [4.69, 9.17) is 0 Å². The lowest BCUT2D eigenvalue weighted by Gasteiger charge is -2.39. The lowest BCUT2D eigenvalue weighted by atomic mass is 9.71. The van der Waals surface area contributed by atoms with Crippen LogP contribution in [-0.4, -0.2) is 26.2 Å². The second-order valence-corrected chi connectivity index (χ2v) is 4.71. The maximum absolute atomic E-state index is 3.49. The number of hydrogen-bond acceptors (Lipinski definition) is 2. The molecule has 76 valence electrons. The van der Waals surface area contributed by atoms with Crippen LogP contribution in [0.5, 0.6) is 0 Å². The van der Waals surface area contributed by atoms with Crippen LogP contribution in [0.2, 0.25) is 0 Å². The molecular formula is C11H22N2. The normalized spacial score (nSPS) is 29.5. The summed E-state index contributed by atoms with van der Waals surface area (Å²) in [6, 6.07) is 0. The molecular weight excluding hydrogens is 160 g/mol. The Hall–Kier alpha value is -0.0800. The number of nitrogens with one attached hydrogen (secondary N) is 2. The molecule has 0 unspecified atom stereocenters. The molecule has 2 aliphatic rings. The topological polar surface area (TPSA) is 24.1 Å². The Kier molecular flexibility index (Phi) is 3.23. The van der Waals surface area contributed by atoms with E-state index in [1.807, 2.05) is 0 Å². The van der Waals surface area contributed by atoms with Crippen molar-refractivity contribution in [1.29, 1.82) is 0 Å². The predicted molar refractivity (Wildman–Crippen MR) is 55.9 cm³/mol. The third kappa shape index (κ3) is 2.44. The predicted octanol–water partition coefficient (Wildman–Crippen LogP) is 1.52. The fourth-order valence-electron chi connectivity index (χ4n) is 2.88. The van der Waals surface area contributed by atoms with Gasteiger partial charge in [0.05, 0.1) is 0 Å². The number of rotatable bonds is 0. The van der Waals surface area contributed by atoms with Gasteiger partial charge in [0, 0.05) is 0 Å². The molecule has 2 rings (SSSR count). The molecule has 13 heavy (non-hydrogen) atoms. The zero-order valence-electron chi connectivity index (χ0n) is 8.57. The molecule has 2 saturated heterocycles. The monoisotopic (exact) mass is 182 g/mol. The molecule has 2 heterocycles. The van der Waals surface area contributed by atoms with Gasteiger partial charge in [0.2, 0.25) is 0 Å². The summed E-state index contributed by atoms with van der Waals surface area (Å²) in [5.74, 6) is 0. The third-order valence-electron chi connectivity index (χ3n) is 3.79. The zero-order valence-corrected chi connectivity index (χ0v) is 8.57. The molecule has 0 aromatic heterocycles. The Bertz CT molecular complexity index is 140. The molecule has 0 saturated carbocycles. The van der Waals surface area contributed by atoms with Crippen LogP contribution in [0, 0.1) is 5.41 Å². The summed E-state index contributed by atoms with van der Waals surface area (Å²) < 4.78 is 0. The molecule has 0 aromatic carbocycles. The standard InChI is InChI=1S/C11H22N2/c1-3-11(4-2-8-12-7-1)5-9-13-10-6-11/h12-13H,1-10H2. The van der Waals surface area contributed by atoms with Crippen molar-refractivity contribution in [3.63, 3.8) is 0 Å². The van der Waals surface area contributed by atoms with Crippen molar-refractivity contribution in [3.8, 4) is 0 Å². The van der Waals surface area contributed by atoms with E-state index in [0.29, 0.717) is 0 Å². The van der Waals surface area contributed by atoms with Crippen LogP contribution in [0.25, 0.3) is 0 Å². The van der Waals surface area contributed by atoms with Crippen molar-refractivity contribution >= 4 is 0 Å². The Morgan fingerprint density at radius 2 is 1.15 bits per heavy atom. The van der Waals surface area contributed by atoms with E-state index >= 15 is 0 Å². The lowest BCUT2D eigenvalue weighted by molar-refractivity contribution is 0.153. The summed E-state index contributed by atoms with van der Waals surface area (Å²) >= 11 is 0. The van der Waals surface area contributed by atoms with E-state index in [1.165, 1.54) is 64.7 Å². The second-order valence-electron chi connectivity index (χ2n) is 4.71. The Labute approximate surface area is 81.5 Å². The van der Waals surface area contributed by atoms with Gasteiger partial charge in [-0.15, -0.1) is 0 Å². The minimum atomic E-state index is 0.730. The zero-order chi connectivity index (χ0) is 8.99. The van der Waals surface area contributed by atoms with Gasteiger partial charge in [-0.3, -0.25) is 0 Å².